The quantitative estimate of drug-likeness (QED) is 0.631. The third kappa shape index (κ3) is 4.28. The molecule has 1 aromatic carbocycles. The fourth-order valence-electron chi connectivity index (χ4n) is 1.71. The molecule has 0 atom stereocenters. The number of aromatic nitrogens is 1. The predicted octanol–water partition coefficient (Wildman–Crippen LogP) is 1.06. The van der Waals surface area contributed by atoms with Gasteiger partial charge in [-0.25, -0.2) is 0 Å². The van der Waals surface area contributed by atoms with Gasteiger partial charge in [0.05, 0.1) is 6.07 Å². The fourth-order valence-corrected chi connectivity index (χ4v) is 1.71. The van der Waals surface area contributed by atoms with Crippen molar-refractivity contribution >= 4 is 5.91 Å². The molecular weight excluding hydrogens is 256 g/mol. The van der Waals surface area contributed by atoms with Gasteiger partial charge in [-0.2, -0.15) is 0 Å². The van der Waals surface area contributed by atoms with Crippen LogP contribution in [-0.4, -0.2) is 19.1 Å². The van der Waals surface area contributed by atoms with Crippen LogP contribution < -0.4 is 14.8 Å². The molecule has 0 radical (unpaired) electrons. The van der Waals surface area contributed by atoms with Crippen LogP contribution in [-0.2, 0) is 11.2 Å². The monoisotopic (exact) mass is 272 g/mol. The number of ether oxygens (including phenoxy) is 1. The molecule has 1 heterocycles. The van der Waals surface area contributed by atoms with Crippen molar-refractivity contribution < 1.29 is 14.3 Å². The van der Waals surface area contributed by atoms with E-state index in [0.29, 0.717) is 11.3 Å². The normalized spacial score (nSPS) is 10.0. The Balaban J connectivity index is 1.70. The molecule has 0 spiro atoms. The van der Waals surface area contributed by atoms with Crippen molar-refractivity contribution in [3.63, 3.8) is 0 Å². The number of hydrogen-bond acceptors (Lipinski definition) is 3. The van der Waals surface area contributed by atoms with Crippen LogP contribution in [0.4, 0.5) is 0 Å². The lowest BCUT2D eigenvalue weighted by atomic mass is 10.1. The van der Waals surface area contributed by atoms with E-state index in [1.54, 1.807) is 12.1 Å². The zero-order valence-electron chi connectivity index (χ0n) is 11.0. The standard InChI is InChI=1S/C15H16N2O3/c18-14(12-20-15-8-4-5-11-17(15)19)16-10-9-13-6-2-1-3-7-13/h1-8,11H,9-10,12H2,(H,16,18). The Morgan fingerprint density at radius 3 is 2.65 bits per heavy atom. The molecular formula is C15H16N2O3. The lowest BCUT2D eigenvalue weighted by Gasteiger charge is -2.07. The number of nitrogens with zero attached hydrogens (tertiary/aromatic N) is 1. The SMILES string of the molecule is O=C(COc1cccc[n+]1[O-])NCCc1ccccc1. The van der Waals surface area contributed by atoms with Crippen molar-refractivity contribution in [2.24, 2.45) is 0 Å². The number of hydrogen-bond donors (Lipinski definition) is 1. The summed E-state index contributed by atoms with van der Waals surface area (Å²) in [6.45, 7) is 0.374. The van der Waals surface area contributed by atoms with Crippen LogP contribution in [0.25, 0.3) is 0 Å². The van der Waals surface area contributed by atoms with E-state index >= 15 is 0 Å². The van der Waals surface area contributed by atoms with Crippen LogP contribution in [0.5, 0.6) is 5.88 Å². The van der Waals surface area contributed by atoms with Crippen LogP contribution in [0.3, 0.4) is 0 Å². The van der Waals surface area contributed by atoms with Gasteiger partial charge in [-0.05, 0) is 18.1 Å². The van der Waals surface area contributed by atoms with Crippen molar-refractivity contribution in [3.05, 3.63) is 65.5 Å². The Bertz CT molecular complexity index is 558. The summed E-state index contributed by atoms with van der Waals surface area (Å²) in [6.07, 6.45) is 2.09. The largest absolute Gasteiger partial charge is 0.616 e. The molecule has 5 nitrogen and oxygen atoms in total. The highest BCUT2D eigenvalue weighted by molar-refractivity contribution is 5.77. The minimum atomic E-state index is -0.246. The lowest BCUT2D eigenvalue weighted by Crippen LogP contribution is -2.34. The predicted molar refractivity (Wildman–Crippen MR) is 74.1 cm³/mol. The van der Waals surface area contributed by atoms with Crippen LogP contribution >= 0.6 is 0 Å². The van der Waals surface area contributed by atoms with Gasteiger partial charge in [0.2, 0.25) is 0 Å². The molecule has 0 fully saturated rings. The first kappa shape index (κ1) is 13.9. The van der Waals surface area contributed by atoms with Crippen molar-refractivity contribution in [2.75, 3.05) is 13.2 Å². The number of benzene rings is 1. The number of amides is 1. The molecule has 0 aliphatic heterocycles. The third-order valence-corrected chi connectivity index (χ3v) is 2.72. The second-order valence-electron chi connectivity index (χ2n) is 4.24. The molecule has 0 saturated heterocycles. The van der Waals surface area contributed by atoms with Crippen molar-refractivity contribution in [1.29, 1.82) is 0 Å². The highest BCUT2D eigenvalue weighted by Gasteiger charge is 2.07. The molecule has 0 aliphatic carbocycles. The second kappa shape index (κ2) is 7.13. The van der Waals surface area contributed by atoms with E-state index in [1.165, 1.54) is 12.3 Å². The van der Waals surface area contributed by atoms with E-state index in [0.717, 1.165) is 12.0 Å². The van der Waals surface area contributed by atoms with E-state index in [9.17, 15) is 10.0 Å². The van der Waals surface area contributed by atoms with Gasteiger partial charge in [-0.3, -0.25) is 4.79 Å². The summed E-state index contributed by atoms with van der Waals surface area (Å²) in [5, 5.41) is 14.0. The molecule has 1 amide bonds. The second-order valence-corrected chi connectivity index (χ2v) is 4.24. The molecule has 0 bridgehead atoms. The van der Waals surface area contributed by atoms with Gasteiger partial charge >= 0.3 is 5.88 Å². The van der Waals surface area contributed by atoms with Crippen molar-refractivity contribution in [1.82, 2.24) is 5.32 Å². The minimum absolute atomic E-state index is 0.116. The van der Waals surface area contributed by atoms with Gasteiger partial charge in [-0.1, -0.05) is 30.3 Å². The van der Waals surface area contributed by atoms with Crippen molar-refractivity contribution in [2.45, 2.75) is 6.42 Å². The number of nitrogens with one attached hydrogen (secondary N) is 1. The maximum atomic E-state index is 11.6. The van der Waals surface area contributed by atoms with Gasteiger partial charge in [0, 0.05) is 12.6 Å². The summed E-state index contributed by atoms with van der Waals surface area (Å²) in [5.74, 6) is -0.129. The lowest BCUT2D eigenvalue weighted by molar-refractivity contribution is -0.612. The van der Waals surface area contributed by atoms with Gasteiger partial charge in [-0.15, -0.1) is 4.73 Å². The average Bonchev–Trinajstić information content (AvgIpc) is 2.47. The summed E-state index contributed by atoms with van der Waals surface area (Å²) < 4.78 is 5.72. The fraction of sp³-hybridized carbons (Fsp3) is 0.200. The average molecular weight is 272 g/mol. The van der Waals surface area contributed by atoms with Gasteiger partial charge in [0.25, 0.3) is 5.91 Å². The van der Waals surface area contributed by atoms with Crippen LogP contribution in [0.2, 0.25) is 0 Å². The van der Waals surface area contributed by atoms with E-state index < -0.39 is 0 Å². The third-order valence-electron chi connectivity index (χ3n) is 2.72. The smallest absolute Gasteiger partial charge is 0.379 e. The topological polar surface area (TPSA) is 65.3 Å². The highest BCUT2D eigenvalue weighted by atomic mass is 16.6. The summed E-state index contributed by atoms with van der Waals surface area (Å²) >= 11 is 0. The van der Waals surface area contributed by atoms with E-state index in [2.05, 4.69) is 5.32 Å². The Morgan fingerprint density at radius 2 is 1.90 bits per heavy atom. The maximum absolute atomic E-state index is 11.6. The molecule has 20 heavy (non-hydrogen) atoms. The zero-order chi connectivity index (χ0) is 14.2. The highest BCUT2D eigenvalue weighted by Crippen LogP contribution is 2.00. The molecule has 2 rings (SSSR count). The van der Waals surface area contributed by atoms with Crippen molar-refractivity contribution in [3.8, 4) is 5.88 Å². The van der Waals surface area contributed by atoms with E-state index in [4.69, 9.17) is 4.74 Å². The molecule has 0 unspecified atom stereocenters. The van der Waals surface area contributed by atoms with Crippen LogP contribution in [0.1, 0.15) is 5.56 Å². The summed E-state index contributed by atoms with van der Waals surface area (Å²) in [7, 11) is 0. The van der Waals surface area contributed by atoms with Crippen LogP contribution in [0, 0.1) is 5.21 Å². The molecule has 104 valence electrons. The minimum Gasteiger partial charge on any atom is -0.616 e. The van der Waals surface area contributed by atoms with Gasteiger partial charge in [0.15, 0.2) is 12.8 Å². The Kier molecular flexibility index (Phi) is 4.94. The van der Waals surface area contributed by atoms with E-state index in [1.807, 2.05) is 30.3 Å². The first-order valence-corrected chi connectivity index (χ1v) is 6.37. The molecule has 2 aromatic rings. The maximum Gasteiger partial charge on any atom is 0.379 e. The molecule has 5 heteroatoms. The Morgan fingerprint density at radius 1 is 1.15 bits per heavy atom. The summed E-state index contributed by atoms with van der Waals surface area (Å²) in [5.41, 5.74) is 1.16. The molecule has 1 aromatic heterocycles. The zero-order valence-corrected chi connectivity index (χ0v) is 11.0. The summed E-state index contributed by atoms with van der Waals surface area (Å²) in [6, 6.07) is 14.7. The van der Waals surface area contributed by atoms with Crippen LogP contribution in [0.15, 0.2) is 54.7 Å². The summed E-state index contributed by atoms with van der Waals surface area (Å²) in [4.78, 5) is 11.6. The van der Waals surface area contributed by atoms with Gasteiger partial charge in [0.1, 0.15) is 0 Å². The molecule has 0 aliphatic rings. The Hall–Kier alpha value is -2.56. The van der Waals surface area contributed by atoms with Gasteiger partial charge < -0.3 is 15.3 Å². The molecule has 1 N–H and O–H groups in total. The number of carbonyl (C=O) groups is 1. The first-order chi connectivity index (χ1) is 9.75. The Labute approximate surface area is 117 Å². The number of rotatable bonds is 6. The number of pyridine rings is 1. The van der Waals surface area contributed by atoms with E-state index in [-0.39, 0.29) is 18.4 Å². The first-order valence-electron chi connectivity index (χ1n) is 6.37. The number of carbonyl (C=O) groups excluding carboxylic acids is 1. The molecule has 0 saturated carbocycles.